The molecule has 1 unspecified atom stereocenters. The Bertz CT molecular complexity index is 341. The molecule has 2 nitrogen and oxygen atoms in total. The van der Waals surface area contributed by atoms with Crippen LogP contribution >= 0.6 is 11.3 Å². The van der Waals surface area contributed by atoms with Gasteiger partial charge in [0.05, 0.1) is 5.60 Å². The smallest absolute Gasteiger partial charge is 0.0835 e. The van der Waals surface area contributed by atoms with Crippen molar-refractivity contribution in [2.24, 2.45) is 11.7 Å². The molecule has 0 saturated heterocycles. The van der Waals surface area contributed by atoms with Crippen LogP contribution in [0.25, 0.3) is 0 Å². The highest BCUT2D eigenvalue weighted by atomic mass is 32.1. The standard InChI is InChI=1S/C15H25NOS/c1-3-17-15(7-4-12(2)5-8-15)14(16)10-13-6-9-18-11-13/h6,9,11-12,14H,3-5,7-8,10,16H2,1-2H3. The normalized spacial score (nSPS) is 30.3. The Balaban J connectivity index is 2.04. The van der Waals surface area contributed by atoms with Crippen molar-refractivity contribution in [2.45, 2.75) is 57.6 Å². The van der Waals surface area contributed by atoms with Gasteiger partial charge in [0, 0.05) is 12.6 Å². The van der Waals surface area contributed by atoms with Crippen LogP contribution in [0, 0.1) is 5.92 Å². The Morgan fingerprint density at radius 2 is 2.22 bits per heavy atom. The van der Waals surface area contributed by atoms with Gasteiger partial charge in [-0.1, -0.05) is 6.92 Å². The fourth-order valence-electron chi connectivity index (χ4n) is 3.01. The van der Waals surface area contributed by atoms with E-state index in [9.17, 15) is 0 Å². The molecule has 0 bridgehead atoms. The highest BCUT2D eigenvalue weighted by molar-refractivity contribution is 7.07. The van der Waals surface area contributed by atoms with Gasteiger partial charge in [-0.25, -0.2) is 0 Å². The molecular formula is C15H25NOS. The van der Waals surface area contributed by atoms with Gasteiger partial charge in [0.2, 0.25) is 0 Å². The molecule has 1 aliphatic carbocycles. The lowest BCUT2D eigenvalue weighted by Gasteiger charge is -2.43. The third-order valence-corrected chi connectivity index (χ3v) is 5.00. The zero-order chi connectivity index (χ0) is 13.0. The quantitative estimate of drug-likeness (QED) is 0.884. The van der Waals surface area contributed by atoms with E-state index in [1.54, 1.807) is 11.3 Å². The summed E-state index contributed by atoms with van der Waals surface area (Å²) in [5.74, 6) is 0.826. The number of hydrogen-bond acceptors (Lipinski definition) is 3. The Hall–Kier alpha value is -0.380. The molecule has 1 aromatic heterocycles. The second-order valence-electron chi connectivity index (χ2n) is 5.62. The predicted octanol–water partition coefficient (Wildman–Crippen LogP) is 3.60. The average molecular weight is 267 g/mol. The van der Waals surface area contributed by atoms with E-state index in [2.05, 4.69) is 30.7 Å². The van der Waals surface area contributed by atoms with Crippen molar-refractivity contribution in [1.82, 2.24) is 0 Å². The summed E-state index contributed by atoms with van der Waals surface area (Å²) < 4.78 is 6.11. The zero-order valence-electron chi connectivity index (χ0n) is 11.5. The summed E-state index contributed by atoms with van der Waals surface area (Å²) in [5.41, 5.74) is 7.76. The van der Waals surface area contributed by atoms with E-state index in [1.165, 1.54) is 18.4 Å². The van der Waals surface area contributed by atoms with Crippen LogP contribution < -0.4 is 5.73 Å². The molecule has 3 heteroatoms. The van der Waals surface area contributed by atoms with Gasteiger partial charge >= 0.3 is 0 Å². The summed E-state index contributed by atoms with van der Waals surface area (Å²) >= 11 is 1.74. The predicted molar refractivity (Wildman–Crippen MR) is 78.0 cm³/mol. The summed E-state index contributed by atoms with van der Waals surface area (Å²) in [6.45, 7) is 5.18. The molecule has 2 N–H and O–H groups in total. The summed E-state index contributed by atoms with van der Waals surface area (Å²) in [5, 5.41) is 4.32. The van der Waals surface area contributed by atoms with E-state index in [0.29, 0.717) is 0 Å². The highest BCUT2D eigenvalue weighted by Crippen LogP contribution is 2.37. The van der Waals surface area contributed by atoms with E-state index in [4.69, 9.17) is 10.5 Å². The molecule has 1 aliphatic rings. The molecule has 1 saturated carbocycles. The first-order chi connectivity index (χ1) is 8.66. The van der Waals surface area contributed by atoms with Gasteiger partial charge < -0.3 is 10.5 Å². The van der Waals surface area contributed by atoms with Crippen molar-refractivity contribution in [3.63, 3.8) is 0 Å². The second-order valence-corrected chi connectivity index (χ2v) is 6.40. The highest BCUT2D eigenvalue weighted by Gasteiger charge is 2.40. The number of hydrogen-bond donors (Lipinski definition) is 1. The largest absolute Gasteiger partial charge is 0.374 e. The maximum atomic E-state index is 6.49. The molecule has 1 atom stereocenters. The van der Waals surface area contributed by atoms with E-state index in [0.717, 1.165) is 31.8 Å². The SMILES string of the molecule is CCOC1(C(N)Cc2ccsc2)CCC(C)CC1. The fourth-order valence-corrected chi connectivity index (χ4v) is 3.69. The van der Waals surface area contributed by atoms with Crippen LogP contribution in [0.2, 0.25) is 0 Å². The van der Waals surface area contributed by atoms with Crippen molar-refractivity contribution in [1.29, 1.82) is 0 Å². The lowest BCUT2D eigenvalue weighted by molar-refractivity contribution is -0.0883. The number of thiophene rings is 1. The van der Waals surface area contributed by atoms with Gasteiger partial charge in [-0.3, -0.25) is 0 Å². The van der Waals surface area contributed by atoms with Crippen molar-refractivity contribution < 1.29 is 4.74 Å². The van der Waals surface area contributed by atoms with E-state index in [-0.39, 0.29) is 11.6 Å². The molecule has 1 aromatic rings. The van der Waals surface area contributed by atoms with Crippen LogP contribution in [0.15, 0.2) is 16.8 Å². The van der Waals surface area contributed by atoms with Crippen molar-refractivity contribution >= 4 is 11.3 Å². The molecule has 0 aliphatic heterocycles. The summed E-state index contributed by atoms with van der Waals surface area (Å²) in [6.07, 6.45) is 5.67. The van der Waals surface area contributed by atoms with Gasteiger partial charge in [0.15, 0.2) is 0 Å². The van der Waals surface area contributed by atoms with Crippen LogP contribution in [-0.4, -0.2) is 18.2 Å². The van der Waals surface area contributed by atoms with Crippen molar-refractivity contribution in [3.8, 4) is 0 Å². The Morgan fingerprint density at radius 3 is 2.78 bits per heavy atom. The molecule has 1 heterocycles. The molecule has 18 heavy (non-hydrogen) atoms. The minimum atomic E-state index is -0.0802. The molecular weight excluding hydrogens is 242 g/mol. The van der Waals surface area contributed by atoms with Gasteiger partial charge in [-0.05, 0) is 67.3 Å². The molecule has 0 aromatic carbocycles. The lowest BCUT2D eigenvalue weighted by atomic mass is 9.74. The van der Waals surface area contributed by atoms with Crippen molar-refractivity contribution in [3.05, 3.63) is 22.4 Å². The van der Waals surface area contributed by atoms with Crippen molar-refractivity contribution in [2.75, 3.05) is 6.61 Å². The van der Waals surface area contributed by atoms with Gasteiger partial charge in [0.1, 0.15) is 0 Å². The minimum absolute atomic E-state index is 0.0802. The van der Waals surface area contributed by atoms with E-state index >= 15 is 0 Å². The van der Waals surface area contributed by atoms with Gasteiger partial charge in [-0.15, -0.1) is 0 Å². The van der Waals surface area contributed by atoms with Crippen LogP contribution in [-0.2, 0) is 11.2 Å². The third-order valence-electron chi connectivity index (χ3n) is 4.26. The zero-order valence-corrected chi connectivity index (χ0v) is 12.3. The summed E-state index contributed by atoms with van der Waals surface area (Å²) in [6, 6.07) is 2.30. The molecule has 2 rings (SSSR count). The molecule has 0 amide bonds. The van der Waals surface area contributed by atoms with Crippen LogP contribution in [0.5, 0.6) is 0 Å². The Kier molecular flexibility index (Phi) is 4.82. The minimum Gasteiger partial charge on any atom is -0.374 e. The first-order valence-corrected chi connectivity index (χ1v) is 8.01. The topological polar surface area (TPSA) is 35.2 Å². The van der Waals surface area contributed by atoms with Crippen LogP contribution in [0.4, 0.5) is 0 Å². The molecule has 0 spiro atoms. The van der Waals surface area contributed by atoms with E-state index < -0.39 is 0 Å². The summed E-state index contributed by atoms with van der Waals surface area (Å²) in [4.78, 5) is 0. The molecule has 102 valence electrons. The first kappa shape index (κ1) is 14.0. The molecule has 0 radical (unpaired) electrons. The fraction of sp³-hybridized carbons (Fsp3) is 0.733. The Morgan fingerprint density at radius 1 is 1.50 bits per heavy atom. The summed E-state index contributed by atoms with van der Waals surface area (Å²) in [7, 11) is 0. The number of rotatable bonds is 5. The number of ether oxygens (including phenoxy) is 1. The van der Waals surface area contributed by atoms with Crippen LogP contribution in [0.1, 0.15) is 45.1 Å². The monoisotopic (exact) mass is 267 g/mol. The third kappa shape index (κ3) is 3.14. The average Bonchev–Trinajstić information content (AvgIpc) is 2.85. The van der Waals surface area contributed by atoms with Crippen LogP contribution in [0.3, 0.4) is 0 Å². The van der Waals surface area contributed by atoms with E-state index in [1.807, 2.05) is 0 Å². The second kappa shape index (κ2) is 6.18. The maximum absolute atomic E-state index is 6.49. The number of nitrogens with two attached hydrogens (primary N) is 1. The van der Waals surface area contributed by atoms with Gasteiger partial charge in [0.25, 0.3) is 0 Å². The Labute approximate surface area is 115 Å². The maximum Gasteiger partial charge on any atom is 0.0835 e. The van der Waals surface area contributed by atoms with Gasteiger partial charge in [-0.2, -0.15) is 11.3 Å². The lowest BCUT2D eigenvalue weighted by Crippen LogP contribution is -2.53. The molecule has 1 fully saturated rings. The first-order valence-electron chi connectivity index (χ1n) is 7.07.